The number of aromatic nitrogens is 1. The van der Waals surface area contributed by atoms with Crippen LogP contribution in [0.3, 0.4) is 0 Å². The third-order valence-corrected chi connectivity index (χ3v) is 2.85. The number of pyridine rings is 1. The van der Waals surface area contributed by atoms with Crippen LogP contribution in [0.5, 0.6) is 0 Å². The maximum atomic E-state index is 11.9. The monoisotopic (exact) mass is 358 g/mol. The van der Waals surface area contributed by atoms with Gasteiger partial charge in [-0.2, -0.15) is 0 Å². The topological polar surface area (TPSA) is 77.5 Å². The number of ether oxygens (including phenoxy) is 2. The van der Waals surface area contributed by atoms with Crippen LogP contribution in [0.4, 0.5) is 4.79 Å². The van der Waals surface area contributed by atoms with Gasteiger partial charge in [-0.3, -0.25) is 9.78 Å². The molecule has 0 saturated carbocycles. The van der Waals surface area contributed by atoms with E-state index in [1.165, 1.54) is 7.11 Å². The number of halogens is 1. The average molecular weight is 359 g/mol. The minimum absolute atomic E-state index is 0.00608. The minimum Gasteiger partial charge on any atom is -0.469 e. The Morgan fingerprint density at radius 2 is 2.05 bits per heavy atom. The molecule has 1 rings (SSSR count). The molecule has 0 bridgehead atoms. The highest BCUT2D eigenvalue weighted by Crippen LogP contribution is 2.21. The lowest BCUT2D eigenvalue weighted by molar-refractivity contribution is -0.141. The van der Waals surface area contributed by atoms with Gasteiger partial charge in [0.25, 0.3) is 0 Å². The van der Waals surface area contributed by atoms with Crippen LogP contribution in [0, 0.1) is 0 Å². The highest BCUT2D eigenvalue weighted by atomic mass is 79.9. The number of nitrogens with one attached hydrogen (secondary N) is 1. The Morgan fingerprint density at radius 1 is 1.38 bits per heavy atom. The van der Waals surface area contributed by atoms with E-state index in [4.69, 9.17) is 4.74 Å². The summed E-state index contributed by atoms with van der Waals surface area (Å²) in [6.07, 6.45) is 2.59. The fourth-order valence-electron chi connectivity index (χ4n) is 1.57. The summed E-state index contributed by atoms with van der Waals surface area (Å²) >= 11 is 3.31. The fourth-order valence-corrected chi connectivity index (χ4v) is 1.95. The van der Waals surface area contributed by atoms with Gasteiger partial charge in [-0.05, 0) is 48.3 Å². The van der Waals surface area contributed by atoms with Crippen LogP contribution in [0.1, 0.15) is 38.8 Å². The zero-order valence-electron chi connectivity index (χ0n) is 12.5. The van der Waals surface area contributed by atoms with Crippen LogP contribution in [0.25, 0.3) is 0 Å². The minimum atomic E-state index is -0.616. The Kier molecular flexibility index (Phi) is 6.14. The van der Waals surface area contributed by atoms with Crippen LogP contribution in [-0.2, 0) is 14.3 Å². The normalized spacial score (nSPS) is 12.4. The van der Waals surface area contributed by atoms with Crippen LogP contribution in [-0.4, -0.2) is 29.8 Å². The summed E-state index contributed by atoms with van der Waals surface area (Å²) in [5, 5.41) is 2.66. The van der Waals surface area contributed by atoms with Crippen molar-refractivity contribution in [3.05, 3.63) is 28.5 Å². The number of methoxy groups -OCH3 is 1. The molecule has 1 atom stereocenters. The number of rotatable bonds is 4. The lowest BCUT2D eigenvalue weighted by atomic mass is 10.1. The van der Waals surface area contributed by atoms with E-state index < -0.39 is 23.7 Å². The highest BCUT2D eigenvalue weighted by molar-refractivity contribution is 9.10. The molecule has 1 N–H and O–H groups in total. The number of nitrogens with zero attached hydrogens (tertiary/aromatic N) is 1. The van der Waals surface area contributed by atoms with E-state index in [9.17, 15) is 9.59 Å². The van der Waals surface area contributed by atoms with Crippen molar-refractivity contribution in [3.63, 3.8) is 0 Å². The van der Waals surface area contributed by atoms with Gasteiger partial charge in [0.1, 0.15) is 5.60 Å². The van der Waals surface area contributed by atoms with E-state index in [2.05, 4.69) is 31.0 Å². The van der Waals surface area contributed by atoms with Crippen molar-refractivity contribution in [2.75, 3.05) is 7.11 Å². The highest BCUT2D eigenvalue weighted by Gasteiger charge is 2.23. The lowest BCUT2D eigenvalue weighted by Gasteiger charge is -2.23. The van der Waals surface area contributed by atoms with E-state index in [0.717, 1.165) is 4.47 Å². The molecule has 0 unspecified atom stereocenters. The molecule has 7 heteroatoms. The molecule has 1 heterocycles. The SMILES string of the molecule is COC(=O)C[C@H](NC(=O)OC(C)(C)C)c1cncc(Br)c1. The number of hydrogen-bond acceptors (Lipinski definition) is 5. The number of carbonyl (C=O) groups excluding carboxylic acids is 2. The summed E-state index contributed by atoms with van der Waals surface area (Å²) in [6.45, 7) is 5.30. The largest absolute Gasteiger partial charge is 0.469 e. The molecule has 0 aliphatic heterocycles. The first-order valence-electron chi connectivity index (χ1n) is 6.38. The second kappa shape index (κ2) is 7.40. The van der Waals surface area contributed by atoms with Gasteiger partial charge in [0.05, 0.1) is 19.6 Å². The molecular formula is C14H19BrN2O4. The van der Waals surface area contributed by atoms with Gasteiger partial charge < -0.3 is 14.8 Å². The number of hydrogen-bond donors (Lipinski definition) is 1. The van der Waals surface area contributed by atoms with Crippen molar-refractivity contribution >= 4 is 28.0 Å². The number of amides is 1. The van der Waals surface area contributed by atoms with Gasteiger partial charge in [0.2, 0.25) is 0 Å². The molecule has 1 aromatic heterocycles. The number of esters is 1. The molecule has 21 heavy (non-hydrogen) atoms. The fraction of sp³-hybridized carbons (Fsp3) is 0.500. The molecule has 0 saturated heterocycles. The summed E-state index contributed by atoms with van der Waals surface area (Å²) < 4.78 is 10.6. The van der Waals surface area contributed by atoms with Gasteiger partial charge in [0.15, 0.2) is 0 Å². The molecule has 1 aromatic rings. The van der Waals surface area contributed by atoms with Gasteiger partial charge >= 0.3 is 12.1 Å². The summed E-state index contributed by atoms with van der Waals surface area (Å²) in [6, 6.07) is 1.20. The van der Waals surface area contributed by atoms with Crippen LogP contribution < -0.4 is 5.32 Å². The van der Waals surface area contributed by atoms with E-state index in [0.29, 0.717) is 5.56 Å². The van der Waals surface area contributed by atoms with E-state index in [1.807, 2.05) is 0 Å². The van der Waals surface area contributed by atoms with Crippen molar-refractivity contribution < 1.29 is 19.1 Å². The quantitative estimate of drug-likeness (QED) is 0.837. The summed E-state index contributed by atoms with van der Waals surface area (Å²) in [5.41, 5.74) is 0.0655. The maximum Gasteiger partial charge on any atom is 0.408 e. The Bertz CT molecular complexity index is 514. The lowest BCUT2D eigenvalue weighted by Crippen LogP contribution is -2.36. The number of alkyl carbamates (subject to hydrolysis) is 1. The number of carbonyl (C=O) groups is 2. The smallest absolute Gasteiger partial charge is 0.408 e. The van der Waals surface area contributed by atoms with Gasteiger partial charge in [-0.15, -0.1) is 0 Å². The molecule has 6 nitrogen and oxygen atoms in total. The first-order valence-corrected chi connectivity index (χ1v) is 7.17. The third kappa shape index (κ3) is 6.57. The van der Waals surface area contributed by atoms with E-state index in [-0.39, 0.29) is 6.42 Å². The predicted octanol–water partition coefficient (Wildman–Crippen LogP) is 2.97. The molecular weight excluding hydrogens is 340 g/mol. The van der Waals surface area contributed by atoms with Crippen molar-refractivity contribution in [3.8, 4) is 0 Å². The van der Waals surface area contributed by atoms with E-state index in [1.54, 1.807) is 39.2 Å². The second-order valence-electron chi connectivity index (χ2n) is 5.42. The van der Waals surface area contributed by atoms with Crippen LogP contribution in [0.15, 0.2) is 22.9 Å². The molecule has 0 aromatic carbocycles. The van der Waals surface area contributed by atoms with Crippen LogP contribution in [0.2, 0.25) is 0 Å². The predicted molar refractivity (Wildman–Crippen MR) is 80.7 cm³/mol. The first-order chi connectivity index (χ1) is 9.71. The Morgan fingerprint density at radius 3 is 2.57 bits per heavy atom. The third-order valence-electron chi connectivity index (χ3n) is 2.42. The summed E-state index contributed by atoms with van der Waals surface area (Å²) in [5.74, 6) is -0.434. The average Bonchev–Trinajstić information content (AvgIpc) is 2.35. The summed E-state index contributed by atoms with van der Waals surface area (Å²) in [7, 11) is 1.30. The molecule has 0 spiro atoms. The van der Waals surface area contributed by atoms with Crippen molar-refractivity contribution in [1.82, 2.24) is 10.3 Å². The maximum absolute atomic E-state index is 11.9. The van der Waals surface area contributed by atoms with Crippen molar-refractivity contribution in [1.29, 1.82) is 0 Å². The Balaban J connectivity index is 2.87. The molecule has 0 aliphatic carbocycles. The van der Waals surface area contributed by atoms with Gasteiger partial charge in [-0.25, -0.2) is 4.79 Å². The summed E-state index contributed by atoms with van der Waals surface area (Å²) in [4.78, 5) is 27.4. The van der Waals surface area contributed by atoms with Gasteiger partial charge in [-0.1, -0.05) is 0 Å². The first kappa shape index (κ1) is 17.4. The van der Waals surface area contributed by atoms with Gasteiger partial charge in [0, 0.05) is 16.9 Å². The van der Waals surface area contributed by atoms with Crippen molar-refractivity contribution in [2.45, 2.75) is 38.8 Å². The Hall–Kier alpha value is -1.63. The zero-order valence-corrected chi connectivity index (χ0v) is 14.1. The van der Waals surface area contributed by atoms with E-state index >= 15 is 0 Å². The molecule has 116 valence electrons. The Labute approximate surface area is 132 Å². The molecule has 1 amide bonds. The van der Waals surface area contributed by atoms with Crippen molar-refractivity contribution in [2.24, 2.45) is 0 Å². The molecule has 0 aliphatic rings. The standard InChI is InChI=1S/C14H19BrN2O4/c1-14(2,3)21-13(19)17-11(6-12(18)20-4)9-5-10(15)8-16-7-9/h5,7-8,11H,6H2,1-4H3,(H,17,19)/t11-/m0/s1. The molecule has 0 fully saturated rings. The molecule has 0 radical (unpaired) electrons. The van der Waals surface area contributed by atoms with Crippen LogP contribution >= 0.6 is 15.9 Å². The zero-order chi connectivity index (χ0) is 16.0. The second-order valence-corrected chi connectivity index (χ2v) is 6.33.